The van der Waals surface area contributed by atoms with Gasteiger partial charge in [0.05, 0.1) is 6.54 Å². The van der Waals surface area contributed by atoms with E-state index in [1.807, 2.05) is 24.3 Å². The van der Waals surface area contributed by atoms with E-state index in [-0.39, 0.29) is 5.82 Å². The molecule has 1 saturated heterocycles. The Balaban J connectivity index is 1.43. The average molecular weight is 338 g/mol. The number of halogens is 1. The fourth-order valence-electron chi connectivity index (χ4n) is 3.26. The molecule has 1 aromatic carbocycles. The van der Waals surface area contributed by atoms with Crippen LogP contribution in [0, 0.1) is 5.82 Å². The molecule has 6 nitrogen and oxygen atoms in total. The summed E-state index contributed by atoms with van der Waals surface area (Å²) in [6.45, 7) is 2.56. The van der Waals surface area contributed by atoms with Crippen LogP contribution in [0.4, 0.5) is 4.39 Å². The van der Waals surface area contributed by atoms with Crippen molar-refractivity contribution in [2.75, 3.05) is 6.54 Å². The molecule has 0 radical (unpaired) electrons. The van der Waals surface area contributed by atoms with Crippen molar-refractivity contribution in [3.05, 3.63) is 60.2 Å². The van der Waals surface area contributed by atoms with Crippen LogP contribution in [0.1, 0.15) is 18.4 Å². The van der Waals surface area contributed by atoms with E-state index in [2.05, 4.69) is 25.3 Å². The van der Waals surface area contributed by atoms with E-state index in [9.17, 15) is 4.39 Å². The third-order valence-electron chi connectivity index (χ3n) is 4.56. The molecule has 3 aromatic rings. The van der Waals surface area contributed by atoms with Crippen LogP contribution in [-0.2, 0) is 13.1 Å². The molecule has 1 fully saturated rings. The smallest absolute Gasteiger partial charge is 0.205 e. The van der Waals surface area contributed by atoms with E-state index in [4.69, 9.17) is 0 Å². The maximum Gasteiger partial charge on any atom is 0.205 e. The van der Waals surface area contributed by atoms with Gasteiger partial charge < -0.3 is 0 Å². The van der Waals surface area contributed by atoms with E-state index in [1.54, 1.807) is 17.2 Å². The first-order valence-electron chi connectivity index (χ1n) is 8.44. The molecule has 0 aliphatic carbocycles. The molecule has 4 rings (SSSR count). The van der Waals surface area contributed by atoms with Crippen molar-refractivity contribution in [1.29, 1.82) is 0 Å². The Bertz CT molecular complexity index is 817. The van der Waals surface area contributed by atoms with Gasteiger partial charge in [-0.15, -0.1) is 10.2 Å². The van der Waals surface area contributed by atoms with Crippen LogP contribution in [0.5, 0.6) is 0 Å². The molecule has 0 N–H and O–H groups in total. The number of tetrazole rings is 1. The van der Waals surface area contributed by atoms with Crippen molar-refractivity contribution >= 4 is 0 Å². The van der Waals surface area contributed by atoms with Gasteiger partial charge in [0.1, 0.15) is 5.82 Å². The minimum absolute atomic E-state index is 0.197. The molecule has 25 heavy (non-hydrogen) atoms. The topological polar surface area (TPSA) is 59.7 Å². The molecule has 0 spiro atoms. The van der Waals surface area contributed by atoms with Gasteiger partial charge in [-0.25, -0.2) is 4.39 Å². The van der Waals surface area contributed by atoms with Gasteiger partial charge in [-0.3, -0.25) is 9.88 Å². The predicted octanol–water partition coefficient (Wildman–Crippen LogP) is 2.54. The molecule has 1 atom stereocenters. The molecular formula is C18H19FN6. The third kappa shape index (κ3) is 3.71. The molecule has 7 heteroatoms. The maximum atomic E-state index is 13.1. The van der Waals surface area contributed by atoms with Gasteiger partial charge in [0.15, 0.2) is 0 Å². The zero-order valence-corrected chi connectivity index (χ0v) is 13.8. The Morgan fingerprint density at radius 2 is 1.88 bits per heavy atom. The van der Waals surface area contributed by atoms with Gasteiger partial charge in [0.2, 0.25) is 5.82 Å². The minimum Gasteiger partial charge on any atom is -0.294 e. The maximum absolute atomic E-state index is 13.1. The van der Waals surface area contributed by atoms with Gasteiger partial charge >= 0.3 is 0 Å². The summed E-state index contributed by atoms with van der Waals surface area (Å²) in [5, 5.41) is 12.8. The molecule has 2 aromatic heterocycles. The highest BCUT2D eigenvalue weighted by Crippen LogP contribution is 2.21. The highest BCUT2D eigenvalue weighted by atomic mass is 19.1. The summed E-state index contributed by atoms with van der Waals surface area (Å²) in [5.41, 5.74) is 2.04. The average Bonchev–Trinajstić information content (AvgIpc) is 3.28. The van der Waals surface area contributed by atoms with Crippen molar-refractivity contribution < 1.29 is 4.39 Å². The predicted molar refractivity (Wildman–Crippen MR) is 90.9 cm³/mol. The summed E-state index contributed by atoms with van der Waals surface area (Å²) in [6, 6.07) is 10.8. The first kappa shape index (κ1) is 15.8. The zero-order chi connectivity index (χ0) is 17.1. The van der Waals surface area contributed by atoms with E-state index in [0.29, 0.717) is 18.4 Å². The summed E-state index contributed by atoms with van der Waals surface area (Å²) in [4.78, 5) is 8.08. The number of hydrogen-bond donors (Lipinski definition) is 0. The molecule has 0 bridgehead atoms. The Morgan fingerprint density at radius 3 is 2.68 bits per heavy atom. The van der Waals surface area contributed by atoms with Crippen molar-refractivity contribution in [1.82, 2.24) is 30.1 Å². The fraction of sp³-hybridized carbons (Fsp3) is 0.333. The van der Waals surface area contributed by atoms with Crippen LogP contribution in [0.25, 0.3) is 11.4 Å². The Hall–Kier alpha value is -2.67. The fourth-order valence-corrected chi connectivity index (χ4v) is 3.26. The lowest BCUT2D eigenvalue weighted by Crippen LogP contribution is -2.33. The molecule has 1 aliphatic rings. The summed E-state index contributed by atoms with van der Waals surface area (Å²) in [7, 11) is 0. The van der Waals surface area contributed by atoms with Crippen molar-refractivity contribution in [3.8, 4) is 11.4 Å². The van der Waals surface area contributed by atoms with Gasteiger partial charge in [0, 0.05) is 30.5 Å². The molecular weight excluding hydrogens is 319 g/mol. The molecule has 1 aliphatic heterocycles. The van der Waals surface area contributed by atoms with Crippen LogP contribution >= 0.6 is 0 Å². The number of likely N-dealkylation sites (tertiary alicyclic amines) is 1. The summed E-state index contributed by atoms with van der Waals surface area (Å²) >= 11 is 0. The second-order valence-electron chi connectivity index (χ2n) is 6.30. The summed E-state index contributed by atoms with van der Waals surface area (Å²) in [6.07, 6.45) is 5.69. The van der Waals surface area contributed by atoms with E-state index in [0.717, 1.165) is 37.1 Å². The van der Waals surface area contributed by atoms with Gasteiger partial charge in [-0.05, 0) is 54.4 Å². The number of nitrogens with zero attached hydrogens (tertiary/aromatic N) is 6. The molecule has 128 valence electrons. The Labute approximate surface area is 145 Å². The van der Waals surface area contributed by atoms with Crippen LogP contribution in [0.3, 0.4) is 0 Å². The van der Waals surface area contributed by atoms with Crippen LogP contribution < -0.4 is 0 Å². The van der Waals surface area contributed by atoms with E-state index >= 15 is 0 Å². The highest BCUT2D eigenvalue weighted by Gasteiger charge is 2.25. The molecule has 3 heterocycles. The number of aromatic nitrogens is 5. The first-order chi connectivity index (χ1) is 12.3. The molecule has 0 unspecified atom stereocenters. The lowest BCUT2D eigenvalue weighted by Gasteiger charge is -2.23. The van der Waals surface area contributed by atoms with Crippen molar-refractivity contribution in [3.63, 3.8) is 0 Å². The first-order valence-corrected chi connectivity index (χ1v) is 8.44. The Kier molecular flexibility index (Phi) is 4.47. The van der Waals surface area contributed by atoms with Crippen molar-refractivity contribution in [2.45, 2.75) is 32.0 Å². The number of hydrogen-bond acceptors (Lipinski definition) is 5. The largest absolute Gasteiger partial charge is 0.294 e. The standard InChI is InChI=1S/C18H19FN6/c19-16-5-3-14(4-6-16)12-24-11-1-2-17(24)13-25-22-18(21-23-25)15-7-9-20-10-8-15/h3-10,17H,1-2,11-13H2/t17-/m1/s1. The molecule has 0 saturated carbocycles. The number of rotatable bonds is 5. The lowest BCUT2D eigenvalue weighted by atomic mass is 10.2. The highest BCUT2D eigenvalue weighted by molar-refractivity contribution is 5.51. The number of pyridine rings is 1. The Morgan fingerprint density at radius 1 is 1.08 bits per heavy atom. The van der Waals surface area contributed by atoms with Gasteiger partial charge in [-0.1, -0.05) is 12.1 Å². The van der Waals surface area contributed by atoms with E-state index in [1.165, 1.54) is 12.1 Å². The quantitative estimate of drug-likeness (QED) is 0.715. The van der Waals surface area contributed by atoms with Crippen LogP contribution in [-0.4, -0.2) is 42.7 Å². The summed E-state index contributed by atoms with van der Waals surface area (Å²) in [5.74, 6) is 0.419. The lowest BCUT2D eigenvalue weighted by molar-refractivity contribution is 0.211. The number of benzene rings is 1. The SMILES string of the molecule is Fc1ccc(CN2CCC[C@@H]2Cn2nnc(-c3ccncc3)n2)cc1. The minimum atomic E-state index is -0.197. The second-order valence-corrected chi connectivity index (χ2v) is 6.30. The normalized spacial score (nSPS) is 17.9. The van der Waals surface area contributed by atoms with Gasteiger partial charge in [0.25, 0.3) is 0 Å². The molecule has 0 amide bonds. The third-order valence-corrected chi connectivity index (χ3v) is 4.56. The summed E-state index contributed by atoms with van der Waals surface area (Å²) < 4.78 is 13.1. The second kappa shape index (κ2) is 7.06. The van der Waals surface area contributed by atoms with E-state index < -0.39 is 0 Å². The monoisotopic (exact) mass is 338 g/mol. The van der Waals surface area contributed by atoms with Gasteiger partial charge in [-0.2, -0.15) is 4.80 Å². The van der Waals surface area contributed by atoms with Crippen LogP contribution in [0.2, 0.25) is 0 Å². The van der Waals surface area contributed by atoms with Crippen molar-refractivity contribution in [2.24, 2.45) is 0 Å². The zero-order valence-electron chi connectivity index (χ0n) is 13.8. The van der Waals surface area contributed by atoms with Crippen LogP contribution in [0.15, 0.2) is 48.8 Å².